The summed E-state index contributed by atoms with van der Waals surface area (Å²) >= 11 is 7.33. The van der Waals surface area contributed by atoms with Crippen LogP contribution in [-0.2, 0) is 19.4 Å². The fourth-order valence-electron chi connectivity index (χ4n) is 1.86. The van der Waals surface area contributed by atoms with Crippen LogP contribution in [0.2, 0.25) is 5.02 Å². The summed E-state index contributed by atoms with van der Waals surface area (Å²) in [5.41, 5.74) is 1.61. The second kappa shape index (κ2) is 6.51. The predicted octanol–water partition coefficient (Wildman–Crippen LogP) is 2.91. The molecule has 0 bridgehead atoms. The van der Waals surface area contributed by atoms with Crippen molar-refractivity contribution < 1.29 is 9.63 Å². The first kappa shape index (κ1) is 15.1. The van der Waals surface area contributed by atoms with Crippen molar-refractivity contribution in [3.05, 3.63) is 47.1 Å². The molecule has 0 spiro atoms. The van der Waals surface area contributed by atoms with Gasteiger partial charge in [-0.15, -0.1) is 0 Å². The Morgan fingerprint density at radius 2 is 2.09 bits per heavy atom. The smallest absolute Gasteiger partial charge is 0.237 e. The van der Waals surface area contributed by atoms with E-state index in [9.17, 15) is 0 Å². The van der Waals surface area contributed by atoms with Crippen LogP contribution in [-0.4, -0.2) is 24.8 Å². The van der Waals surface area contributed by atoms with Crippen LogP contribution in [0.15, 0.2) is 40.1 Å². The summed E-state index contributed by atoms with van der Waals surface area (Å²) in [4.78, 5) is 8.59. The molecule has 0 aliphatic heterocycles. The topological polar surface area (TPSA) is 77.0 Å². The molecule has 0 unspecified atom stereocenters. The largest absolute Gasteiger partial charge is 0.390 e. The average molecular weight is 337 g/mol. The first-order valence-corrected chi connectivity index (χ1v) is 7.86. The van der Waals surface area contributed by atoms with E-state index in [2.05, 4.69) is 15.1 Å². The number of thioether (sulfide) groups is 1. The molecule has 22 heavy (non-hydrogen) atoms. The lowest BCUT2D eigenvalue weighted by atomic mass is 10.2. The first-order valence-electron chi connectivity index (χ1n) is 6.50. The lowest BCUT2D eigenvalue weighted by Crippen LogP contribution is -1.97. The Kier molecular flexibility index (Phi) is 4.47. The lowest BCUT2D eigenvalue weighted by Gasteiger charge is -2.01. The molecule has 1 N–H and O–H groups in total. The molecule has 0 fully saturated rings. The number of aliphatic hydroxyl groups is 1. The highest BCUT2D eigenvalue weighted by Crippen LogP contribution is 2.23. The molecule has 114 valence electrons. The van der Waals surface area contributed by atoms with Gasteiger partial charge >= 0.3 is 0 Å². The van der Waals surface area contributed by atoms with Crippen molar-refractivity contribution in [2.45, 2.75) is 17.5 Å². The van der Waals surface area contributed by atoms with E-state index in [1.807, 2.05) is 23.7 Å². The number of aromatic nitrogens is 4. The summed E-state index contributed by atoms with van der Waals surface area (Å²) < 4.78 is 7.08. The molecule has 1 aromatic carbocycles. The summed E-state index contributed by atoms with van der Waals surface area (Å²) in [6, 6.07) is 7.25. The van der Waals surface area contributed by atoms with Gasteiger partial charge in [-0.25, -0.2) is 4.98 Å². The van der Waals surface area contributed by atoms with Crippen LogP contribution in [0.1, 0.15) is 11.6 Å². The number of aliphatic hydroxyl groups excluding tert-OH is 1. The van der Waals surface area contributed by atoms with Crippen molar-refractivity contribution in [1.29, 1.82) is 0 Å². The van der Waals surface area contributed by atoms with Gasteiger partial charge in [0, 0.05) is 17.6 Å². The minimum Gasteiger partial charge on any atom is -0.390 e. The van der Waals surface area contributed by atoms with Gasteiger partial charge in [0.15, 0.2) is 5.16 Å². The van der Waals surface area contributed by atoms with Crippen LogP contribution in [0.25, 0.3) is 11.4 Å². The molecular formula is C14H13ClN4O2S. The normalized spacial score (nSPS) is 11.0. The van der Waals surface area contributed by atoms with Gasteiger partial charge in [0.2, 0.25) is 11.7 Å². The number of benzene rings is 1. The molecule has 0 saturated heterocycles. The third-order valence-electron chi connectivity index (χ3n) is 3.10. The molecule has 0 aliphatic carbocycles. The maximum Gasteiger partial charge on any atom is 0.237 e. The standard InChI is InChI=1S/C14H13ClN4O2S/c1-19-11(7-20)6-16-14(19)22-8-12-17-13(18-21-12)9-2-4-10(15)5-3-9/h2-6,20H,7-8H2,1H3. The van der Waals surface area contributed by atoms with Crippen molar-refractivity contribution >= 4 is 23.4 Å². The number of imidazole rings is 1. The number of hydrogen-bond donors (Lipinski definition) is 1. The Labute approximate surface area is 136 Å². The lowest BCUT2D eigenvalue weighted by molar-refractivity contribution is 0.271. The molecule has 0 amide bonds. The first-order chi connectivity index (χ1) is 10.7. The molecule has 6 nitrogen and oxygen atoms in total. The maximum absolute atomic E-state index is 9.15. The summed E-state index contributed by atoms with van der Waals surface area (Å²) in [5.74, 6) is 1.56. The van der Waals surface area contributed by atoms with E-state index >= 15 is 0 Å². The van der Waals surface area contributed by atoms with Crippen molar-refractivity contribution in [2.75, 3.05) is 0 Å². The fourth-order valence-corrected chi connectivity index (χ4v) is 2.80. The molecule has 3 aromatic rings. The number of halogens is 1. The summed E-state index contributed by atoms with van der Waals surface area (Å²) in [6.45, 7) is -0.0364. The van der Waals surface area contributed by atoms with E-state index in [0.29, 0.717) is 22.5 Å². The number of nitrogens with zero attached hydrogens (tertiary/aromatic N) is 4. The van der Waals surface area contributed by atoms with E-state index in [-0.39, 0.29) is 6.61 Å². The second-order valence-corrected chi connectivity index (χ2v) is 5.94. The molecule has 0 saturated carbocycles. The van der Waals surface area contributed by atoms with E-state index < -0.39 is 0 Å². The molecule has 0 radical (unpaired) electrons. The molecule has 8 heteroatoms. The zero-order valence-electron chi connectivity index (χ0n) is 11.7. The Hall–Kier alpha value is -1.83. The fraction of sp³-hybridized carbons (Fsp3) is 0.214. The molecule has 0 atom stereocenters. The monoisotopic (exact) mass is 336 g/mol. The van der Waals surface area contributed by atoms with Crippen LogP contribution in [0.3, 0.4) is 0 Å². The Balaban J connectivity index is 1.69. The van der Waals surface area contributed by atoms with Crippen LogP contribution in [0.4, 0.5) is 0 Å². The molecule has 2 heterocycles. The highest BCUT2D eigenvalue weighted by atomic mass is 35.5. The number of rotatable bonds is 5. The molecule has 0 aliphatic rings. The summed E-state index contributed by atoms with van der Waals surface area (Å²) in [5, 5.41) is 14.6. The Morgan fingerprint density at radius 1 is 1.32 bits per heavy atom. The van der Waals surface area contributed by atoms with Crippen LogP contribution in [0, 0.1) is 0 Å². The minimum atomic E-state index is -0.0364. The average Bonchev–Trinajstić information content (AvgIpc) is 3.13. The predicted molar refractivity (Wildman–Crippen MR) is 83.4 cm³/mol. The highest BCUT2D eigenvalue weighted by Gasteiger charge is 2.11. The van der Waals surface area contributed by atoms with Crippen LogP contribution >= 0.6 is 23.4 Å². The third-order valence-corrected chi connectivity index (χ3v) is 4.38. The van der Waals surface area contributed by atoms with E-state index in [1.54, 1.807) is 18.3 Å². The van der Waals surface area contributed by atoms with Gasteiger partial charge < -0.3 is 14.2 Å². The minimum absolute atomic E-state index is 0.0364. The Bertz CT molecular complexity index is 770. The quantitative estimate of drug-likeness (QED) is 0.722. The third kappa shape index (κ3) is 3.16. The Morgan fingerprint density at radius 3 is 2.77 bits per heavy atom. The van der Waals surface area contributed by atoms with E-state index in [4.69, 9.17) is 21.2 Å². The van der Waals surface area contributed by atoms with Gasteiger partial charge in [0.25, 0.3) is 0 Å². The van der Waals surface area contributed by atoms with Gasteiger partial charge in [0.05, 0.1) is 24.3 Å². The summed E-state index contributed by atoms with van der Waals surface area (Å²) in [6.07, 6.45) is 1.65. The van der Waals surface area contributed by atoms with Gasteiger partial charge in [-0.2, -0.15) is 4.98 Å². The van der Waals surface area contributed by atoms with E-state index in [0.717, 1.165) is 16.4 Å². The van der Waals surface area contributed by atoms with Gasteiger partial charge in [-0.05, 0) is 24.3 Å². The van der Waals surface area contributed by atoms with Crippen molar-refractivity contribution in [3.8, 4) is 11.4 Å². The number of hydrogen-bond acceptors (Lipinski definition) is 6. The van der Waals surface area contributed by atoms with Crippen molar-refractivity contribution in [1.82, 2.24) is 19.7 Å². The summed E-state index contributed by atoms with van der Waals surface area (Å²) in [7, 11) is 1.86. The van der Waals surface area contributed by atoms with Crippen molar-refractivity contribution in [3.63, 3.8) is 0 Å². The maximum atomic E-state index is 9.15. The zero-order chi connectivity index (χ0) is 15.5. The second-order valence-electron chi connectivity index (χ2n) is 4.56. The highest BCUT2D eigenvalue weighted by molar-refractivity contribution is 7.98. The van der Waals surface area contributed by atoms with Crippen LogP contribution < -0.4 is 0 Å². The SMILES string of the molecule is Cn1c(CO)cnc1SCc1nc(-c2ccc(Cl)cc2)no1. The van der Waals surface area contributed by atoms with Crippen LogP contribution in [0.5, 0.6) is 0 Å². The van der Waals surface area contributed by atoms with Gasteiger partial charge in [-0.3, -0.25) is 0 Å². The molecule has 2 aromatic heterocycles. The molecular weight excluding hydrogens is 324 g/mol. The van der Waals surface area contributed by atoms with E-state index in [1.165, 1.54) is 11.8 Å². The van der Waals surface area contributed by atoms with Gasteiger partial charge in [0.1, 0.15) is 0 Å². The van der Waals surface area contributed by atoms with Gasteiger partial charge in [-0.1, -0.05) is 28.5 Å². The molecule has 3 rings (SSSR count). The van der Waals surface area contributed by atoms with Crippen molar-refractivity contribution in [2.24, 2.45) is 7.05 Å². The zero-order valence-corrected chi connectivity index (χ0v) is 13.3.